The summed E-state index contributed by atoms with van der Waals surface area (Å²) >= 11 is 0. The third-order valence-electron chi connectivity index (χ3n) is 4.43. The predicted octanol–water partition coefficient (Wildman–Crippen LogP) is 2.01. The molecule has 1 aliphatic rings. The van der Waals surface area contributed by atoms with Gasteiger partial charge in [-0.25, -0.2) is 0 Å². The lowest BCUT2D eigenvalue weighted by Crippen LogP contribution is -2.53. The molecule has 1 aliphatic heterocycles. The number of likely N-dealkylation sites (N-methyl/N-ethyl adjacent to an activating group) is 1. The normalized spacial score (nSPS) is 20.6. The number of nitrogens with zero attached hydrogens (tertiary/aromatic N) is 1. The van der Waals surface area contributed by atoms with Crippen LogP contribution in [0, 0.1) is 27.7 Å². The molecule has 1 aromatic rings. The van der Waals surface area contributed by atoms with Crippen LogP contribution in [0.3, 0.4) is 0 Å². The van der Waals surface area contributed by atoms with Gasteiger partial charge in [-0.2, -0.15) is 0 Å². The molecule has 3 nitrogen and oxygen atoms in total. The maximum atomic E-state index is 12.9. The van der Waals surface area contributed by atoms with Crippen LogP contribution in [0.15, 0.2) is 6.07 Å². The van der Waals surface area contributed by atoms with E-state index in [2.05, 4.69) is 44.0 Å². The molecule has 2 rings (SSSR count). The van der Waals surface area contributed by atoms with E-state index in [-0.39, 0.29) is 11.8 Å². The molecule has 0 aliphatic carbocycles. The second-order valence-corrected chi connectivity index (χ2v) is 5.70. The molecule has 19 heavy (non-hydrogen) atoms. The summed E-state index contributed by atoms with van der Waals surface area (Å²) in [6.45, 7) is 10.9. The molecule has 1 aromatic carbocycles. The van der Waals surface area contributed by atoms with Gasteiger partial charge in [-0.1, -0.05) is 6.07 Å². The van der Waals surface area contributed by atoms with E-state index in [0.717, 1.165) is 36.3 Å². The third-order valence-corrected chi connectivity index (χ3v) is 4.43. The number of aryl methyl sites for hydroxylation is 2. The molecule has 0 saturated carbocycles. The molecule has 1 unspecified atom stereocenters. The van der Waals surface area contributed by atoms with E-state index in [1.165, 1.54) is 11.1 Å². The summed E-state index contributed by atoms with van der Waals surface area (Å²) in [6, 6.07) is 2.14. The van der Waals surface area contributed by atoms with Gasteiger partial charge in [-0.15, -0.1) is 0 Å². The number of hydrogen-bond donors (Lipinski definition) is 1. The van der Waals surface area contributed by atoms with E-state index in [9.17, 15) is 4.79 Å². The Morgan fingerprint density at radius 2 is 1.79 bits per heavy atom. The van der Waals surface area contributed by atoms with Crippen molar-refractivity contribution in [3.05, 3.63) is 33.9 Å². The van der Waals surface area contributed by atoms with Crippen molar-refractivity contribution in [2.24, 2.45) is 0 Å². The number of carbonyl (C=O) groups is 1. The van der Waals surface area contributed by atoms with Gasteiger partial charge in [0.05, 0.1) is 6.04 Å². The lowest BCUT2D eigenvalue weighted by molar-refractivity contribution is 0.0818. The molecule has 1 N–H and O–H groups in total. The van der Waals surface area contributed by atoms with Crippen LogP contribution in [0.1, 0.15) is 32.6 Å². The van der Waals surface area contributed by atoms with Gasteiger partial charge in [0.25, 0.3) is 0 Å². The minimum absolute atomic E-state index is 0.0349. The van der Waals surface area contributed by atoms with Crippen molar-refractivity contribution in [1.82, 2.24) is 10.2 Å². The minimum atomic E-state index is -0.0349. The van der Waals surface area contributed by atoms with Crippen LogP contribution < -0.4 is 5.32 Å². The van der Waals surface area contributed by atoms with Crippen molar-refractivity contribution in [1.29, 1.82) is 0 Å². The van der Waals surface area contributed by atoms with E-state index >= 15 is 0 Å². The summed E-state index contributed by atoms with van der Waals surface area (Å²) in [7, 11) is 2.04. The summed E-state index contributed by atoms with van der Waals surface area (Å²) in [6.07, 6.45) is 0. The minimum Gasteiger partial charge on any atom is -0.313 e. The number of benzene rings is 1. The Labute approximate surface area is 116 Å². The highest BCUT2D eigenvalue weighted by atomic mass is 16.1. The van der Waals surface area contributed by atoms with Gasteiger partial charge >= 0.3 is 0 Å². The number of Topliss-reactive ketones (excluding diaryl/α,β-unsaturated/α-hetero) is 1. The second-order valence-electron chi connectivity index (χ2n) is 5.70. The van der Waals surface area contributed by atoms with Gasteiger partial charge in [0.15, 0.2) is 5.78 Å². The zero-order valence-corrected chi connectivity index (χ0v) is 12.6. The highest BCUT2D eigenvalue weighted by Crippen LogP contribution is 2.24. The van der Waals surface area contributed by atoms with Gasteiger partial charge in [0.1, 0.15) is 0 Å². The SMILES string of the molecule is Cc1cc(C)c(C)c(C(=O)C2CNCCN2C)c1C. The third kappa shape index (κ3) is 2.58. The van der Waals surface area contributed by atoms with Crippen molar-refractivity contribution in [3.63, 3.8) is 0 Å². The molecule has 1 fully saturated rings. The topological polar surface area (TPSA) is 32.3 Å². The smallest absolute Gasteiger partial charge is 0.181 e. The summed E-state index contributed by atoms with van der Waals surface area (Å²) in [5, 5.41) is 3.32. The maximum absolute atomic E-state index is 12.9. The Bertz CT molecular complexity index is 482. The molecule has 0 bridgehead atoms. The van der Waals surface area contributed by atoms with Crippen molar-refractivity contribution >= 4 is 5.78 Å². The number of nitrogens with one attached hydrogen (secondary N) is 1. The first-order valence-corrected chi connectivity index (χ1v) is 6.96. The number of carbonyl (C=O) groups excluding carboxylic acids is 1. The van der Waals surface area contributed by atoms with Crippen LogP contribution in [0.25, 0.3) is 0 Å². The maximum Gasteiger partial charge on any atom is 0.181 e. The molecule has 104 valence electrons. The Kier molecular flexibility index (Phi) is 4.07. The van der Waals surface area contributed by atoms with Crippen LogP contribution in [0.4, 0.5) is 0 Å². The predicted molar refractivity (Wildman–Crippen MR) is 79.0 cm³/mol. The molecule has 1 heterocycles. The van der Waals surface area contributed by atoms with Gasteiger partial charge in [-0.05, 0) is 57.0 Å². The van der Waals surface area contributed by atoms with Crippen molar-refractivity contribution in [2.75, 3.05) is 26.7 Å². The van der Waals surface area contributed by atoms with E-state index in [4.69, 9.17) is 0 Å². The Morgan fingerprint density at radius 1 is 1.21 bits per heavy atom. The van der Waals surface area contributed by atoms with Crippen LogP contribution >= 0.6 is 0 Å². The van der Waals surface area contributed by atoms with Gasteiger partial charge in [-0.3, -0.25) is 9.69 Å². The highest BCUT2D eigenvalue weighted by Gasteiger charge is 2.29. The van der Waals surface area contributed by atoms with E-state index < -0.39 is 0 Å². The first-order chi connectivity index (χ1) is 8.93. The largest absolute Gasteiger partial charge is 0.313 e. The summed E-state index contributed by atoms with van der Waals surface area (Å²) < 4.78 is 0. The monoisotopic (exact) mass is 260 g/mol. The molecule has 1 saturated heterocycles. The molecule has 0 radical (unpaired) electrons. The van der Waals surface area contributed by atoms with Gasteiger partial charge in [0.2, 0.25) is 0 Å². The lowest BCUT2D eigenvalue weighted by atomic mass is 9.88. The molecule has 1 atom stereocenters. The molecule has 0 spiro atoms. The number of ketones is 1. The lowest BCUT2D eigenvalue weighted by Gasteiger charge is -2.32. The Morgan fingerprint density at radius 3 is 2.32 bits per heavy atom. The van der Waals surface area contributed by atoms with Crippen molar-refractivity contribution in [3.8, 4) is 0 Å². The quantitative estimate of drug-likeness (QED) is 0.826. The standard InChI is InChI=1S/C16H24N2O/c1-10-8-11(2)13(4)15(12(10)3)16(19)14-9-17-6-7-18(14)5/h8,14,17H,6-7,9H2,1-5H3. The van der Waals surface area contributed by atoms with Crippen molar-refractivity contribution < 1.29 is 4.79 Å². The van der Waals surface area contributed by atoms with E-state index in [1.807, 2.05) is 7.05 Å². The fourth-order valence-corrected chi connectivity index (χ4v) is 2.85. The number of hydrogen-bond acceptors (Lipinski definition) is 3. The molecule has 0 aromatic heterocycles. The average Bonchev–Trinajstić information content (AvgIpc) is 2.37. The first kappa shape index (κ1) is 14.2. The fraction of sp³-hybridized carbons (Fsp3) is 0.562. The molecular formula is C16H24N2O. The average molecular weight is 260 g/mol. The van der Waals surface area contributed by atoms with Crippen LogP contribution in [-0.4, -0.2) is 43.4 Å². The van der Waals surface area contributed by atoms with E-state index in [0.29, 0.717) is 0 Å². The summed E-state index contributed by atoms with van der Waals surface area (Å²) in [5.74, 6) is 0.261. The zero-order chi connectivity index (χ0) is 14.2. The van der Waals surface area contributed by atoms with Gasteiger partial charge in [0, 0.05) is 25.2 Å². The summed E-state index contributed by atoms with van der Waals surface area (Å²) in [5.41, 5.74) is 5.60. The zero-order valence-electron chi connectivity index (χ0n) is 12.6. The fourth-order valence-electron chi connectivity index (χ4n) is 2.85. The van der Waals surface area contributed by atoms with Crippen molar-refractivity contribution in [2.45, 2.75) is 33.7 Å². The van der Waals surface area contributed by atoms with Crippen LogP contribution in [-0.2, 0) is 0 Å². The van der Waals surface area contributed by atoms with Crippen LogP contribution in [0.5, 0.6) is 0 Å². The second kappa shape index (κ2) is 5.43. The number of piperazine rings is 1. The number of rotatable bonds is 2. The molecule has 0 amide bonds. The highest BCUT2D eigenvalue weighted by molar-refractivity contribution is 6.03. The van der Waals surface area contributed by atoms with Gasteiger partial charge < -0.3 is 5.32 Å². The Hall–Kier alpha value is -1.19. The molecule has 3 heteroatoms. The van der Waals surface area contributed by atoms with E-state index in [1.54, 1.807) is 0 Å². The first-order valence-electron chi connectivity index (χ1n) is 6.96. The summed E-state index contributed by atoms with van der Waals surface area (Å²) in [4.78, 5) is 15.0. The molecular weight excluding hydrogens is 236 g/mol. The Balaban J connectivity index is 2.43. The van der Waals surface area contributed by atoms with Crippen LogP contribution in [0.2, 0.25) is 0 Å².